The van der Waals surface area contributed by atoms with Crippen LogP contribution in [0.3, 0.4) is 0 Å². The van der Waals surface area contributed by atoms with Crippen LogP contribution in [0.2, 0.25) is 0 Å². The van der Waals surface area contributed by atoms with Gasteiger partial charge in [0, 0.05) is 22.7 Å². The number of hydrogen-bond acceptors (Lipinski definition) is 4. The average Bonchev–Trinajstić information content (AvgIpc) is 3.06. The largest absolute Gasteiger partial charge is 0.290 e. The highest BCUT2D eigenvalue weighted by molar-refractivity contribution is 7.17. The quantitative estimate of drug-likeness (QED) is 0.561. The molecule has 25 heavy (non-hydrogen) atoms. The zero-order valence-corrected chi connectivity index (χ0v) is 15.0. The maximum Gasteiger partial charge on any atom is 0.269 e. The first-order valence-corrected chi connectivity index (χ1v) is 8.56. The maximum absolute atomic E-state index is 12.1. The van der Waals surface area contributed by atoms with Gasteiger partial charge in [0.15, 0.2) is 4.96 Å². The SMILES string of the molecule is Cc1cn2c(C=CC(=O)NNC(=O)c3ccccc3C)c(C)nc2s1. The van der Waals surface area contributed by atoms with Crippen LogP contribution in [0, 0.1) is 20.8 Å². The summed E-state index contributed by atoms with van der Waals surface area (Å²) in [5, 5.41) is 0. The Morgan fingerprint density at radius 3 is 2.68 bits per heavy atom. The van der Waals surface area contributed by atoms with Crippen LogP contribution in [0.15, 0.2) is 36.5 Å². The number of fused-ring (bicyclic) bond motifs is 1. The van der Waals surface area contributed by atoms with Gasteiger partial charge < -0.3 is 0 Å². The monoisotopic (exact) mass is 354 g/mol. The molecule has 0 saturated heterocycles. The predicted octanol–water partition coefficient (Wildman–Crippen LogP) is 2.80. The molecule has 0 radical (unpaired) electrons. The molecule has 2 aromatic heterocycles. The van der Waals surface area contributed by atoms with Crippen LogP contribution in [0.25, 0.3) is 11.0 Å². The second-order valence-corrected chi connectivity index (χ2v) is 6.88. The fourth-order valence-electron chi connectivity index (χ4n) is 2.49. The van der Waals surface area contributed by atoms with E-state index in [1.807, 2.05) is 43.5 Å². The molecule has 0 aliphatic rings. The lowest BCUT2D eigenvalue weighted by Gasteiger charge is -2.07. The number of amides is 2. The maximum atomic E-state index is 12.1. The summed E-state index contributed by atoms with van der Waals surface area (Å²) in [5.74, 6) is -0.764. The summed E-state index contributed by atoms with van der Waals surface area (Å²) in [4.78, 5) is 30.5. The van der Waals surface area contributed by atoms with Crippen molar-refractivity contribution in [2.45, 2.75) is 20.8 Å². The number of hydrazine groups is 1. The fourth-order valence-corrected chi connectivity index (χ4v) is 3.37. The first-order valence-electron chi connectivity index (χ1n) is 7.75. The summed E-state index contributed by atoms with van der Waals surface area (Å²) in [7, 11) is 0. The lowest BCUT2D eigenvalue weighted by Crippen LogP contribution is -2.41. The highest BCUT2D eigenvalue weighted by atomic mass is 32.1. The Balaban J connectivity index is 1.66. The second kappa shape index (κ2) is 6.90. The number of aromatic nitrogens is 2. The lowest BCUT2D eigenvalue weighted by atomic mass is 10.1. The molecule has 0 atom stereocenters. The highest BCUT2D eigenvalue weighted by Gasteiger charge is 2.10. The molecule has 2 heterocycles. The summed E-state index contributed by atoms with van der Waals surface area (Å²) in [6, 6.07) is 7.18. The van der Waals surface area contributed by atoms with E-state index in [1.165, 1.54) is 6.08 Å². The molecular weight excluding hydrogens is 336 g/mol. The molecule has 0 fully saturated rings. The van der Waals surface area contributed by atoms with Gasteiger partial charge in [0.2, 0.25) is 0 Å². The van der Waals surface area contributed by atoms with Crippen LogP contribution in [0.1, 0.15) is 32.2 Å². The van der Waals surface area contributed by atoms with E-state index in [4.69, 9.17) is 0 Å². The Labute approximate surface area is 149 Å². The number of benzene rings is 1. The Morgan fingerprint density at radius 2 is 1.92 bits per heavy atom. The Kier molecular flexibility index (Phi) is 4.67. The van der Waals surface area contributed by atoms with E-state index < -0.39 is 5.91 Å². The summed E-state index contributed by atoms with van der Waals surface area (Å²) >= 11 is 1.59. The lowest BCUT2D eigenvalue weighted by molar-refractivity contribution is -0.117. The van der Waals surface area contributed by atoms with E-state index in [9.17, 15) is 9.59 Å². The Morgan fingerprint density at radius 1 is 1.16 bits per heavy atom. The van der Waals surface area contributed by atoms with Gasteiger partial charge in [0.25, 0.3) is 11.8 Å². The van der Waals surface area contributed by atoms with Gasteiger partial charge in [-0.3, -0.25) is 24.8 Å². The molecule has 1 aromatic carbocycles. The molecule has 6 nitrogen and oxygen atoms in total. The number of aryl methyl sites for hydroxylation is 3. The third-order valence-corrected chi connectivity index (χ3v) is 4.64. The van der Waals surface area contributed by atoms with Crippen molar-refractivity contribution in [1.82, 2.24) is 20.2 Å². The van der Waals surface area contributed by atoms with Crippen molar-refractivity contribution in [3.8, 4) is 0 Å². The van der Waals surface area contributed by atoms with E-state index in [-0.39, 0.29) is 5.91 Å². The van der Waals surface area contributed by atoms with Crippen molar-refractivity contribution in [3.63, 3.8) is 0 Å². The standard InChI is InChI=1S/C18H18N4O2S/c1-11-6-4-5-7-14(11)17(24)21-20-16(23)9-8-15-13(3)19-18-22(15)10-12(2)25-18/h4-10H,1-3H3,(H,20,23)(H,21,24). The molecule has 3 rings (SSSR count). The van der Waals surface area contributed by atoms with Crippen LogP contribution < -0.4 is 10.9 Å². The van der Waals surface area contributed by atoms with E-state index >= 15 is 0 Å². The van der Waals surface area contributed by atoms with Gasteiger partial charge >= 0.3 is 0 Å². The van der Waals surface area contributed by atoms with E-state index in [0.29, 0.717) is 5.56 Å². The van der Waals surface area contributed by atoms with E-state index in [2.05, 4.69) is 15.8 Å². The number of thiazole rings is 1. The van der Waals surface area contributed by atoms with E-state index in [0.717, 1.165) is 26.8 Å². The number of carbonyl (C=O) groups excluding carboxylic acids is 2. The van der Waals surface area contributed by atoms with Crippen LogP contribution >= 0.6 is 11.3 Å². The number of carbonyl (C=O) groups is 2. The topological polar surface area (TPSA) is 75.5 Å². The van der Waals surface area contributed by atoms with Gasteiger partial charge in [-0.05, 0) is 38.5 Å². The summed E-state index contributed by atoms with van der Waals surface area (Å²) in [5.41, 5.74) is 7.86. The molecule has 0 aliphatic carbocycles. The summed E-state index contributed by atoms with van der Waals surface area (Å²) in [6.45, 7) is 5.75. The van der Waals surface area contributed by atoms with Crippen LogP contribution in [-0.4, -0.2) is 21.2 Å². The van der Waals surface area contributed by atoms with Crippen LogP contribution in [0.4, 0.5) is 0 Å². The van der Waals surface area contributed by atoms with Gasteiger partial charge in [-0.15, -0.1) is 11.3 Å². The van der Waals surface area contributed by atoms with Crippen molar-refractivity contribution < 1.29 is 9.59 Å². The van der Waals surface area contributed by atoms with Gasteiger partial charge in [-0.2, -0.15) is 0 Å². The molecule has 0 saturated carbocycles. The molecule has 2 amide bonds. The van der Waals surface area contributed by atoms with Crippen LogP contribution in [-0.2, 0) is 4.79 Å². The van der Waals surface area contributed by atoms with Crippen molar-refractivity contribution in [1.29, 1.82) is 0 Å². The molecule has 0 spiro atoms. The Hall–Kier alpha value is -2.93. The van der Waals surface area contributed by atoms with Gasteiger partial charge in [0.05, 0.1) is 11.4 Å². The summed E-state index contributed by atoms with van der Waals surface area (Å²) < 4.78 is 1.95. The van der Waals surface area contributed by atoms with Gasteiger partial charge in [-0.1, -0.05) is 18.2 Å². The number of nitrogens with zero attached hydrogens (tertiary/aromatic N) is 2. The Bertz CT molecular complexity index is 984. The molecule has 128 valence electrons. The number of rotatable bonds is 3. The van der Waals surface area contributed by atoms with Crippen molar-refractivity contribution in [2.24, 2.45) is 0 Å². The molecule has 2 N–H and O–H groups in total. The second-order valence-electron chi connectivity index (χ2n) is 5.67. The third-order valence-electron chi connectivity index (χ3n) is 3.74. The van der Waals surface area contributed by atoms with Crippen molar-refractivity contribution in [3.05, 3.63) is 63.9 Å². The smallest absolute Gasteiger partial charge is 0.269 e. The molecule has 3 aromatic rings. The minimum Gasteiger partial charge on any atom is -0.290 e. The predicted molar refractivity (Wildman–Crippen MR) is 98.4 cm³/mol. The minimum atomic E-state index is -0.414. The van der Waals surface area contributed by atoms with Gasteiger partial charge in [0.1, 0.15) is 0 Å². The molecule has 7 heteroatoms. The van der Waals surface area contributed by atoms with E-state index in [1.54, 1.807) is 29.5 Å². The fraction of sp³-hybridized carbons (Fsp3) is 0.167. The first-order chi connectivity index (χ1) is 12.0. The average molecular weight is 354 g/mol. The number of hydrogen-bond donors (Lipinski definition) is 2. The van der Waals surface area contributed by atoms with Crippen molar-refractivity contribution in [2.75, 3.05) is 0 Å². The number of imidazole rings is 1. The normalized spacial score (nSPS) is 11.2. The molecule has 0 bridgehead atoms. The molecule has 0 aliphatic heterocycles. The van der Waals surface area contributed by atoms with Crippen molar-refractivity contribution >= 4 is 34.2 Å². The highest BCUT2D eigenvalue weighted by Crippen LogP contribution is 2.21. The third kappa shape index (κ3) is 3.61. The zero-order valence-electron chi connectivity index (χ0n) is 14.2. The molecule has 0 unspecified atom stereocenters. The number of nitrogens with one attached hydrogen (secondary N) is 2. The zero-order chi connectivity index (χ0) is 18.0. The van der Waals surface area contributed by atoms with Gasteiger partial charge in [-0.25, -0.2) is 4.98 Å². The minimum absolute atomic E-state index is 0.351. The molecular formula is C18H18N4O2S. The summed E-state index contributed by atoms with van der Waals surface area (Å²) in [6.07, 6.45) is 5.05. The van der Waals surface area contributed by atoms with Crippen LogP contribution in [0.5, 0.6) is 0 Å². The first kappa shape index (κ1) is 16.9.